The predicted octanol–water partition coefficient (Wildman–Crippen LogP) is 4.58. The Morgan fingerprint density at radius 3 is 2.58 bits per heavy atom. The maximum absolute atomic E-state index is 13.2. The maximum atomic E-state index is 13.2. The van der Waals surface area contributed by atoms with Crippen LogP contribution < -0.4 is 15.2 Å². The van der Waals surface area contributed by atoms with E-state index < -0.39 is 0 Å². The number of likely N-dealkylation sites (tertiary alicyclic amines) is 1. The van der Waals surface area contributed by atoms with Gasteiger partial charge in [0.1, 0.15) is 0 Å². The lowest BCUT2D eigenvalue weighted by molar-refractivity contribution is 0.0821. The molecule has 1 heterocycles. The number of nitrogens with zero attached hydrogens (tertiary/aromatic N) is 1. The standard InChI is InChI=1S/C26H30N2O3/c1-30-24-10-5-18(14-25(24)31-2)11-13-28-12-3-4-22(17-28)26(29)21-7-6-20-16-23(27)9-8-19(20)15-21/h5-10,14-16,22H,3-4,11-13,17,27H2,1-2H3. The van der Waals surface area contributed by atoms with Crippen LogP contribution in [0.3, 0.4) is 0 Å². The minimum atomic E-state index is 0.0467. The van der Waals surface area contributed by atoms with Gasteiger partial charge in [-0.2, -0.15) is 0 Å². The molecule has 0 aliphatic carbocycles. The zero-order chi connectivity index (χ0) is 21.8. The molecule has 0 bridgehead atoms. The van der Waals surface area contributed by atoms with Crippen molar-refractivity contribution in [2.45, 2.75) is 19.3 Å². The lowest BCUT2D eigenvalue weighted by Gasteiger charge is -2.32. The van der Waals surface area contributed by atoms with E-state index in [1.165, 1.54) is 5.56 Å². The topological polar surface area (TPSA) is 64.8 Å². The highest BCUT2D eigenvalue weighted by molar-refractivity contribution is 6.01. The van der Waals surface area contributed by atoms with Crippen molar-refractivity contribution in [3.05, 3.63) is 65.7 Å². The lowest BCUT2D eigenvalue weighted by Crippen LogP contribution is -2.39. The average molecular weight is 419 g/mol. The molecule has 0 spiro atoms. The van der Waals surface area contributed by atoms with Crippen molar-refractivity contribution in [1.29, 1.82) is 0 Å². The minimum Gasteiger partial charge on any atom is -0.493 e. The molecule has 4 rings (SSSR count). The van der Waals surface area contributed by atoms with Gasteiger partial charge in [-0.15, -0.1) is 0 Å². The van der Waals surface area contributed by atoms with Crippen molar-refractivity contribution in [2.24, 2.45) is 5.92 Å². The first-order valence-electron chi connectivity index (χ1n) is 10.8. The number of benzene rings is 3. The van der Waals surface area contributed by atoms with Gasteiger partial charge in [-0.25, -0.2) is 0 Å². The summed E-state index contributed by atoms with van der Waals surface area (Å²) in [7, 11) is 3.30. The molecule has 1 saturated heterocycles. The molecule has 0 amide bonds. The third-order valence-electron chi connectivity index (χ3n) is 6.19. The number of nitrogens with two attached hydrogens (primary N) is 1. The van der Waals surface area contributed by atoms with Gasteiger partial charge in [0, 0.05) is 30.3 Å². The van der Waals surface area contributed by atoms with Gasteiger partial charge in [-0.05, 0) is 72.5 Å². The van der Waals surface area contributed by atoms with Crippen LogP contribution in [0.25, 0.3) is 10.8 Å². The highest BCUT2D eigenvalue weighted by Crippen LogP contribution is 2.28. The molecule has 3 aromatic rings. The number of hydrogen-bond donors (Lipinski definition) is 1. The quantitative estimate of drug-likeness (QED) is 0.450. The molecule has 1 fully saturated rings. The molecule has 0 saturated carbocycles. The van der Waals surface area contributed by atoms with Crippen LogP contribution in [0.1, 0.15) is 28.8 Å². The lowest BCUT2D eigenvalue weighted by atomic mass is 9.89. The second kappa shape index (κ2) is 9.40. The number of Topliss-reactive ketones (excluding diaryl/α,β-unsaturated/α-hetero) is 1. The molecule has 31 heavy (non-hydrogen) atoms. The monoisotopic (exact) mass is 418 g/mol. The van der Waals surface area contributed by atoms with E-state index in [0.29, 0.717) is 0 Å². The minimum absolute atomic E-state index is 0.0467. The number of rotatable bonds is 7. The average Bonchev–Trinajstić information content (AvgIpc) is 2.81. The predicted molar refractivity (Wildman–Crippen MR) is 125 cm³/mol. The fourth-order valence-corrected chi connectivity index (χ4v) is 4.45. The van der Waals surface area contributed by atoms with Gasteiger partial charge < -0.3 is 20.1 Å². The SMILES string of the molecule is COc1ccc(CCN2CCCC(C(=O)c3ccc4cc(N)ccc4c3)C2)cc1OC. The Bertz CT molecular complexity index is 1080. The number of carbonyl (C=O) groups is 1. The molecule has 3 aromatic carbocycles. The number of nitrogen functional groups attached to an aromatic ring is 1. The second-order valence-electron chi connectivity index (χ2n) is 8.26. The van der Waals surface area contributed by atoms with Crippen LogP contribution in [0.2, 0.25) is 0 Å². The fraction of sp³-hybridized carbons (Fsp3) is 0.346. The van der Waals surface area contributed by atoms with Crippen LogP contribution in [-0.4, -0.2) is 44.5 Å². The number of piperidine rings is 1. The fourth-order valence-electron chi connectivity index (χ4n) is 4.45. The Morgan fingerprint density at radius 2 is 1.77 bits per heavy atom. The van der Waals surface area contributed by atoms with Crippen molar-refractivity contribution in [1.82, 2.24) is 4.90 Å². The smallest absolute Gasteiger partial charge is 0.167 e. The summed E-state index contributed by atoms with van der Waals surface area (Å²) in [5.41, 5.74) is 8.61. The van der Waals surface area contributed by atoms with Gasteiger partial charge in [0.25, 0.3) is 0 Å². The first-order valence-corrected chi connectivity index (χ1v) is 10.8. The van der Waals surface area contributed by atoms with Crippen LogP contribution in [0.5, 0.6) is 11.5 Å². The molecular weight excluding hydrogens is 388 g/mol. The second-order valence-corrected chi connectivity index (χ2v) is 8.26. The van der Waals surface area contributed by atoms with Crippen molar-refractivity contribution >= 4 is 22.2 Å². The normalized spacial score (nSPS) is 16.9. The van der Waals surface area contributed by atoms with E-state index in [4.69, 9.17) is 15.2 Å². The highest BCUT2D eigenvalue weighted by atomic mass is 16.5. The van der Waals surface area contributed by atoms with Crippen molar-refractivity contribution in [2.75, 3.05) is 39.6 Å². The Hall–Kier alpha value is -3.05. The number of ether oxygens (including phenoxy) is 2. The summed E-state index contributed by atoms with van der Waals surface area (Å²) < 4.78 is 10.7. The Balaban J connectivity index is 1.40. The Labute approximate surface area is 183 Å². The largest absolute Gasteiger partial charge is 0.493 e. The van der Waals surface area contributed by atoms with Crippen molar-refractivity contribution < 1.29 is 14.3 Å². The van der Waals surface area contributed by atoms with Crippen LogP contribution in [-0.2, 0) is 6.42 Å². The molecule has 5 nitrogen and oxygen atoms in total. The zero-order valence-electron chi connectivity index (χ0n) is 18.3. The number of anilines is 1. The van der Waals surface area contributed by atoms with E-state index in [1.807, 2.05) is 48.5 Å². The number of ketones is 1. The molecule has 0 aromatic heterocycles. The van der Waals surface area contributed by atoms with E-state index in [2.05, 4.69) is 11.0 Å². The van der Waals surface area contributed by atoms with Gasteiger partial charge >= 0.3 is 0 Å². The third kappa shape index (κ3) is 4.83. The number of carbonyl (C=O) groups excluding carboxylic acids is 1. The molecule has 1 unspecified atom stereocenters. The maximum Gasteiger partial charge on any atom is 0.167 e. The summed E-state index contributed by atoms with van der Waals surface area (Å²) >= 11 is 0. The van der Waals surface area contributed by atoms with E-state index in [9.17, 15) is 4.79 Å². The van der Waals surface area contributed by atoms with Gasteiger partial charge in [0.15, 0.2) is 17.3 Å². The van der Waals surface area contributed by atoms with E-state index in [1.54, 1.807) is 14.2 Å². The van der Waals surface area contributed by atoms with Gasteiger partial charge in [0.05, 0.1) is 14.2 Å². The van der Waals surface area contributed by atoms with E-state index >= 15 is 0 Å². The van der Waals surface area contributed by atoms with E-state index in [0.717, 1.165) is 72.4 Å². The molecule has 2 N–H and O–H groups in total. The first-order chi connectivity index (χ1) is 15.1. The summed E-state index contributed by atoms with van der Waals surface area (Å²) in [6.07, 6.45) is 2.91. The van der Waals surface area contributed by atoms with Crippen molar-refractivity contribution in [3.8, 4) is 11.5 Å². The third-order valence-corrected chi connectivity index (χ3v) is 6.19. The van der Waals surface area contributed by atoms with Crippen LogP contribution in [0.15, 0.2) is 54.6 Å². The summed E-state index contributed by atoms with van der Waals surface area (Å²) in [4.78, 5) is 15.6. The van der Waals surface area contributed by atoms with Crippen molar-refractivity contribution in [3.63, 3.8) is 0 Å². The number of methoxy groups -OCH3 is 2. The summed E-state index contributed by atoms with van der Waals surface area (Å²) in [5.74, 6) is 1.79. The Morgan fingerprint density at radius 1 is 1.00 bits per heavy atom. The van der Waals surface area contributed by atoms with Gasteiger partial charge in [0.2, 0.25) is 0 Å². The molecule has 162 valence electrons. The van der Waals surface area contributed by atoms with Gasteiger partial charge in [-0.3, -0.25) is 4.79 Å². The molecule has 0 radical (unpaired) electrons. The highest BCUT2D eigenvalue weighted by Gasteiger charge is 2.26. The van der Waals surface area contributed by atoms with Crippen LogP contribution in [0.4, 0.5) is 5.69 Å². The van der Waals surface area contributed by atoms with Crippen LogP contribution >= 0.6 is 0 Å². The van der Waals surface area contributed by atoms with Crippen LogP contribution in [0, 0.1) is 5.92 Å². The number of hydrogen-bond acceptors (Lipinski definition) is 5. The molecular formula is C26H30N2O3. The zero-order valence-corrected chi connectivity index (χ0v) is 18.3. The molecule has 1 atom stereocenters. The molecule has 1 aliphatic heterocycles. The van der Waals surface area contributed by atoms with E-state index in [-0.39, 0.29) is 11.7 Å². The summed E-state index contributed by atoms with van der Waals surface area (Å²) in [6, 6.07) is 17.8. The Kier molecular flexibility index (Phi) is 6.42. The number of fused-ring (bicyclic) bond motifs is 1. The first kappa shape index (κ1) is 21.2. The summed E-state index contributed by atoms with van der Waals surface area (Å²) in [5, 5.41) is 2.12. The molecule has 5 heteroatoms. The summed E-state index contributed by atoms with van der Waals surface area (Å²) in [6.45, 7) is 2.77. The molecule has 1 aliphatic rings. The van der Waals surface area contributed by atoms with Gasteiger partial charge in [-0.1, -0.05) is 24.3 Å².